The van der Waals surface area contributed by atoms with E-state index in [0.29, 0.717) is 43.1 Å². The van der Waals surface area contributed by atoms with Crippen LogP contribution in [0.2, 0.25) is 0 Å². The number of anilines is 4. The van der Waals surface area contributed by atoms with Gasteiger partial charge in [0.15, 0.2) is 34.0 Å². The lowest BCUT2D eigenvalue weighted by atomic mass is 9.90. The van der Waals surface area contributed by atoms with E-state index in [1.54, 1.807) is 0 Å². The Labute approximate surface area is 473 Å². The van der Waals surface area contributed by atoms with Gasteiger partial charge in [-0.25, -0.2) is 9.97 Å². The van der Waals surface area contributed by atoms with E-state index in [4.69, 9.17) is 24.9 Å². The van der Waals surface area contributed by atoms with Crippen LogP contribution < -0.4 is 26.6 Å². The number of fused-ring (bicyclic) bond motifs is 2. The van der Waals surface area contributed by atoms with Crippen LogP contribution in [0.15, 0.2) is 122 Å². The Morgan fingerprint density at radius 1 is 0.450 bits per heavy atom. The number of rotatable bonds is 22. The summed E-state index contributed by atoms with van der Waals surface area (Å²) in [4.78, 5) is 32.1. The first-order valence-electron chi connectivity index (χ1n) is 30.5. The highest BCUT2D eigenvalue weighted by atomic mass is 15.2. The maximum atomic E-state index is 4.99. The van der Waals surface area contributed by atoms with Crippen LogP contribution in [0.25, 0.3) is 44.6 Å². The molecule has 0 aliphatic heterocycles. The van der Waals surface area contributed by atoms with Crippen LogP contribution in [0.5, 0.6) is 0 Å². The molecule has 4 aromatic carbocycles. The van der Waals surface area contributed by atoms with Crippen molar-refractivity contribution in [3.05, 3.63) is 133 Å². The Morgan fingerprint density at radius 3 is 1.26 bits per heavy atom. The van der Waals surface area contributed by atoms with Gasteiger partial charge in [-0.15, -0.1) is 0 Å². The number of aromatic nitrogens is 8. The maximum absolute atomic E-state index is 4.99. The van der Waals surface area contributed by atoms with E-state index < -0.39 is 0 Å². The Hall–Kier alpha value is -6.90. The van der Waals surface area contributed by atoms with Gasteiger partial charge in [0.1, 0.15) is 0 Å². The van der Waals surface area contributed by atoms with Crippen LogP contribution in [-0.4, -0.2) is 87.7 Å². The third kappa shape index (κ3) is 13.8. The monoisotopic (exact) mass is 1070 g/mol. The Kier molecular flexibility index (Phi) is 16.7. The molecule has 0 unspecified atom stereocenters. The van der Waals surface area contributed by atoms with Crippen LogP contribution in [0.1, 0.15) is 141 Å². The molecule has 14 heteroatoms. The number of benzene rings is 4. The molecule has 0 spiro atoms. The van der Waals surface area contributed by atoms with Crippen LogP contribution in [0.3, 0.4) is 0 Å². The molecule has 80 heavy (non-hydrogen) atoms. The molecular weight excluding hydrogens is 989 g/mol. The number of imidazole rings is 2. The molecule has 8 aromatic rings. The van der Waals surface area contributed by atoms with Gasteiger partial charge < -0.3 is 35.7 Å². The summed E-state index contributed by atoms with van der Waals surface area (Å²) in [5, 5.41) is 18.3. The summed E-state index contributed by atoms with van der Waals surface area (Å²) in [7, 11) is 0. The van der Waals surface area contributed by atoms with E-state index >= 15 is 0 Å². The van der Waals surface area contributed by atoms with E-state index in [2.05, 4.69) is 176 Å². The third-order valence-corrected chi connectivity index (χ3v) is 17.4. The molecule has 5 fully saturated rings. The van der Waals surface area contributed by atoms with Crippen molar-refractivity contribution < 1.29 is 0 Å². The fourth-order valence-electron chi connectivity index (χ4n) is 11.9. The van der Waals surface area contributed by atoms with Gasteiger partial charge in [0.25, 0.3) is 0 Å². The molecule has 0 saturated heterocycles. The zero-order valence-corrected chi connectivity index (χ0v) is 47.7. The summed E-state index contributed by atoms with van der Waals surface area (Å²) >= 11 is 0. The fourth-order valence-corrected chi connectivity index (χ4v) is 11.9. The molecule has 5 N–H and O–H groups in total. The highest BCUT2D eigenvalue weighted by molar-refractivity contribution is 5.85. The molecule has 0 amide bonds. The summed E-state index contributed by atoms with van der Waals surface area (Å²) in [6.07, 6.45) is 22.0. The minimum atomic E-state index is 0.272. The predicted molar refractivity (Wildman–Crippen MR) is 327 cm³/mol. The summed E-state index contributed by atoms with van der Waals surface area (Å²) in [6.45, 7) is 13.9. The van der Waals surface area contributed by atoms with Crippen molar-refractivity contribution in [3.63, 3.8) is 0 Å². The van der Waals surface area contributed by atoms with Crippen molar-refractivity contribution in [1.29, 1.82) is 0 Å². The lowest BCUT2D eigenvalue weighted by Gasteiger charge is -2.37. The first kappa shape index (κ1) is 53.7. The highest BCUT2D eigenvalue weighted by Gasteiger charge is 2.35. The minimum absolute atomic E-state index is 0.272. The Balaban J connectivity index is 0.000000160. The second kappa shape index (κ2) is 24.9. The fraction of sp³-hybridized carbons (Fsp3) is 0.485. The number of hydrogen-bond donors (Lipinski definition) is 5. The van der Waals surface area contributed by atoms with Gasteiger partial charge in [0, 0.05) is 62.4 Å². The first-order valence-corrected chi connectivity index (χ1v) is 30.5. The number of nitrogens with zero attached hydrogens (tertiary/aromatic N) is 9. The van der Waals surface area contributed by atoms with Crippen LogP contribution >= 0.6 is 0 Å². The molecule has 13 rings (SSSR count). The van der Waals surface area contributed by atoms with Gasteiger partial charge >= 0.3 is 0 Å². The molecule has 4 heterocycles. The summed E-state index contributed by atoms with van der Waals surface area (Å²) < 4.78 is 4.27. The largest absolute Gasteiger partial charge is 0.364 e. The molecule has 5 aliphatic rings. The molecule has 0 atom stereocenters. The number of nitrogens with one attached hydrogen (secondary N) is 5. The van der Waals surface area contributed by atoms with E-state index in [9.17, 15) is 0 Å². The standard InChI is InChI=1S/C35H45N7.C31H39N7/c1-24(2)42-23-37-32-33(36-20-25-12-14-29(15-13-25)28-6-4-3-5-7-28)39-35(40-34(32)42)38-30-16-18-31(19-17-30)41(21-26-8-9-26)22-27-10-11-27;1-21(2)38-20-34-28-29(33-19-23-10-12-25(13-11-23)24-6-4-3-5-7-24)36-31(37-30(28)38)35-27-16-14-26(15-17-27)32-18-22-8-9-22/h3-7,12-15,23-24,26-27,30-31H,8-11,16-22H2,1-2H3,(H2,36,38,39,40);3-7,10-13,20-22,26-27,32H,8-9,14-19H2,1-2H3,(H2,33,35,36,37). The Morgan fingerprint density at radius 2 is 0.850 bits per heavy atom. The van der Waals surface area contributed by atoms with E-state index in [1.165, 1.54) is 130 Å². The van der Waals surface area contributed by atoms with Gasteiger partial charge in [0.05, 0.1) is 12.7 Å². The molecule has 0 radical (unpaired) electrons. The topological polar surface area (TPSA) is 151 Å². The van der Waals surface area contributed by atoms with Crippen molar-refractivity contribution in [2.24, 2.45) is 17.8 Å². The van der Waals surface area contributed by atoms with Gasteiger partial charge in [0.2, 0.25) is 11.9 Å². The summed E-state index contributed by atoms with van der Waals surface area (Å²) in [5.74, 6) is 5.85. The van der Waals surface area contributed by atoms with E-state index in [-0.39, 0.29) is 12.1 Å². The molecule has 4 aromatic heterocycles. The number of hydrogen-bond acceptors (Lipinski definition) is 12. The minimum Gasteiger partial charge on any atom is -0.364 e. The van der Waals surface area contributed by atoms with E-state index in [1.807, 2.05) is 18.7 Å². The van der Waals surface area contributed by atoms with Crippen LogP contribution in [0.4, 0.5) is 23.5 Å². The van der Waals surface area contributed by atoms with Gasteiger partial charge in [-0.3, -0.25) is 4.90 Å². The predicted octanol–water partition coefficient (Wildman–Crippen LogP) is 13.9. The molecular formula is C66H84N14. The van der Waals surface area contributed by atoms with Gasteiger partial charge in [-0.1, -0.05) is 109 Å². The van der Waals surface area contributed by atoms with Crippen LogP contribution in [0, 0.1) is 17.8 Å². The maximum Gasteiger partial charge on any atom is 0.227 e. The zero-order valence-electron chi connectivity index (χ0n) is 47.7. The normalized spacial score (nSPS) is 20.3. The molecule has 418 valence electrons. The Bertz CT molecular complexity index is 3220. The average molecular weight is 1070 g/mol. The SMILES string of the molecule is CC(C)n1cnc2c(NCc3ccc(-c4ccccc4)cc3)nc(NC3CCC(N(CC4CC4)CC4CC4)CC3)nc21.CC(C)n1cnc2c(NCc3ccc(-c4ccccc4)cc3)nc(NC3CCC(NCC4CC4)CC3)nc21. The molecule has 14 nitrogen and oxygen atoms in total. The third-order valence-electron chi connectivity index (χ3n) is 17.4. The second-order valence-corrected chi connectivity index (χ2v) is 24.5. The highest BCUT2D eigenvalue weighted by Crippen LogP contribution is 2.38. The van der Waals surface area contributed by atoms with Gasteiger partial charge in [-0.2, -0.15) is 19.9 Å². The summed E-state index contributed by atoms with van der Waals surface area (Å²) in [6, 6.07) is 41.2. The summed E-state index contributed by atoms with van der Waals surface area (Å²) in [5.41, 5.74) is 10.7. The lowest BCUT2D eigenvalue weighted by molar-refractivity contribution is 0.139. The van der Waals surface area contributed by atoms with Crippen molar-refractivity contribution >= 4 is 45.9 Å². The lowest BCUT2D eigenvalue weighted by Crippen LogP contribution is -2.42. The van der Waals surface area contributed by atoms with Crippen molar-refractivity contribution in [3.8, 4) is 22.3 Å². The van der Waals surface area contributed by atoms with Crippen molar-refractivity contribution in [1.82, 2.24) is 49.3 Å². The smallest absolute Gasteiger partial charge is 0.227 e. The van der Waals surface area contributed by atoms with Crippen LogP contribution in [-0.2, 0) is 13.1 Å². The average Bonchev–Trinajstić information content (AvgIpc) is 4.50. The van der Waals surface area contributed by atoms with Crippen molar-refractivity contribution in [2.45, 2.75) is 167 Å². The quantitative estimate of drug-likeness (QED) is 0.0440. The zero-order chi connectivity index (χ0) is 54.4. The van der Waals surface area contributed by atoms with E-state index in [0.717, 1.165) is 70.6 Å². The molecule has 5 saturated carbocycles. The first-order chi connectivity index (χ1) is 39.2. The molecule has 0 bridgehead atoms. The van der Waals surface area contributed by atoms with Gasteiger partial charge in [-0.05, 0) is 175 Å². The molecule has 5 aliphatic carbocycles. The second-order valence-electron chi connectivity index (χ2n) is 24.5. The van der Waals surface area contributed by atoms with Crippen molar-refractivity contribution in [2.75, 3.05) is 40.9 Å².